The molecule has 5 rings (SSSR count). The van der Waals surface area contributed by atoms with Gasteiger partial charge in [0.25, 0.3) is 0 Å². The van der Waals surface area contributed by atoms with Gasteiger partial charge >= 0.3 is 0 Å². The Labute approximate surface area is 194 Å². The summed E-state index contributed by atoms with van der Waals surface area (Å²) in [6, 6.07) is 10.3. The molecule has 6 heteroatoms. The molecule has 1 fully saturated rings. The number of aromatic nitrogens is 3. The zero-order valence-corrected chi connectivity index (χ0v) is 19.3. The Bertz CT molecular complexity index is 1260. The molecule has 2 aliphatic rings. The number of benzene rings is 1. The van der Waals surface area contributed by atoms with E-state index in [1.54, 1.807) is 0 Å². The highest BCUT2D eigenvalue weighted by Crippen LogP contribution is 2.40. The van der Waals surface area contributed by atoms with Gasteiger partial charge in [0.15, 0.2) is 5.69 Å². The van der Waals surface area contributed by atoms with E-state index in [1.807, 2.05) is 24.0 Å². The van der Waals surface area contributed by atoms with Crippen LogP contribution in [-0.2, 0) is 13.1 Å². The number of rotatable bonds is 4. The van der Waals surface area contributed by atoms with Crippen molar-refractivity contribution in [3.63, 3.8) is 0 Å². The van der Waals surface area contributed by atoms with Gasteiger partial charge in [-0.3, -0.25) is 4.68 Å². The predicted molar refractivity (Wildman–Crippen MR) is 128 cm³/mol. The molecule has 3 heterocycles. The molecule has 5 nitrogen and oxygen atoms in total. The fourth-order valence-electron chi connectivity index (χ4n) is 5.06. The average molecular weight is 444 g/mol. The number of hydrogen-bond acceptors (Lipinski definition) is 4. The summed E-state index contributed by atoms with van der Waals surface area (Å²) in [5, 5.41) is 14.5. The molecule has 0 spiro atoms. The largest absolute Gasteiger partial charge is 0.370 e. The minimum absolute atomic E-state index is 0.229. The van der Waals surface area contributed by atoms with E-state index in [-0.39, 0.29) is 5.69 Å². The molecule has 0 amide bonds. The van der Waals surface area contributed by atoms with Crippen LogP contribution in [0.5, 0.6) is 0 Å². The van der Waals surface area contributed by atoms with Crippen molar-refractivity contribution < 1.29 is 0 Å². The Hall–Kier alpha value is -3.10. The van der Waals surface area contributed by atoms with Crippen LogP contribution < -0.4 is 0 Å². The van der Waals surface area contributed by atoms with Gasteiger partial charge < -0.3 is 4.90 Å². The van der Waals surface area contributed by atoms with E-state index in [2.05, 4.69) is 59.0 Å². The SMILES string of the molecule is C=C1c2cc(-c3nc(C#N)c(Cl)cc3-c3cnn(CC4(C)CCCC4)c3)ccc2CN1C. The van der Waals surface area contributed by atoms with Crippen molar-refractivity contribution in [2.45, 2.75) is 45.7 Å². The third-order valence-electron chi connectivity index (χ3n) is 6.94. The molecule has 1 aliphatic carbocycles. The average Bonchev–Trinajstić information content (AvgIpc) is 3.48. The predicted octanol–water partition coefficient (Wildman–Crippen LogP) is 6.13. The van der Waals surface area contributed by atoms with Crippen LogP contribution in [0.4, 0.5) is 0 Å². The molecule has 0 radical (unpaired) electrons. The minimum Gasteiger partial charge on any atom is -0.370 e. The Morgan fingerprint density at radius 3 is 2.72 bits per heavy atom. The Balaban J connectivity index is 1.58. The maximum Gasteiger partial charge on any atom is 0.159 e. The molecular formula is C26H26ClN5. The number of hydrogen-bond donors (Lipinski definition) is 0. The lowest BCUT2D eigenvalue weighted by Gasteiger charge is -2.22. The molecule has 0 N–H and O–H groups in total. The summed E-state index contributed by atoms with van der Waals surface area (Å²) in [7, 11) is 2.04. The van der Waals surface area contributed by atoms with E-state index in [4.69, 9.17) is 11.6 Å². The van der Waals surface area contributed by atoms with Crippen LogP contribution in [0, 0.1) is 16.7 Å². The molecule has 1 aromatic carbocycles. The molecule has 2 aromatic heterocycles. The van der Waals surface area contributed by atoms with Crippen LogP contribution in [-0.4, -0.2) is 26.7 Å². The highest BCUT2D eigenvalue weighted by Gasteiger charge is 2.29. The van der Waals surface area contributed by atoms with E-state index >= 15 is 0 Å². The smallest absolute Gasteiger partial charge is 0.159 e. The van der Waals surface area contributed by atoms with Crippen molar-refractivity contribution in [1.82, 2.24) is 19.7 Å². The third-order valence-corrected chi connectivity index (χ3v) is 7.23. The molecule has 3 aromatic rings. The van der Waals surface area contributed by atoms with Crippen molar-refractivity contribution >= 4 is 17.3 Å². The first-order valence-electron chi connectivity index (χ1n) is 11.0. The molecule has 0 bridgehead atoms. The lowest BCUT2D eigenvalue weighted by molar-refractivity contribution is 0.268. The number of fused-ring (bicyclic) bond motifs is 1. The highest BCUT2D eigenvalue weighted by atomic mass is 35.5. The first kappa shape index (κ1) is 20.8. The van der Waals surface area contributed by atoms with Crippen LogP contribution in [0.2, 0.25) is 5.02 Å². The van der Waals surface area contributed by atoms with E-state index in [9.17, 15) is 5.26 Å². The molecule has 0 atom stereocenters. The second kappa shape index (κ2) is 7.79. The molecular weight excluding hydrogens is 418 g/mol. The van der Waals surface area contributed by atoms with Crippen LogP contribution >= 0.6 is 11.6 Å². The van der Waals surface area contributed by atoms with E-state index in [0.29, 0.717) is 10.4 Å². The van der Waals surface area contributed by atoms with Gasteiger partial charge in [-0.2, -0.15) is 10.4 Å². The van der Waals surface area contributed by atoms with E-state index < -0.39 is 0 Å². The lowest BCUT2D eigenvalue weighted by Crippen LogP contribution is -2.19. The highest BCUT2D eigenvalue weighted by molar-refractivity contribution is 6.32. The summed E-state index contributed by atoms with van der Waals surface area (Å²) in [4.78, 5) is 6.80. The van der Waals surface area contributed by atoms with Crippen LogP contribution in [0.1, 0.15) is 49.4 Å². The summed E-state index contributed by atoms with van der Waals surface area (Å²) in [6.07, 6.45) is 9.02. The maximum absolute atomic E-state index is 9.54. The Morgan fingerprint density at radius 1 is 1.19 bits per heavy atom. The van der Waals surface area contributed by atoms with Gasteiger partial charge in [0, 0.05) is 54.3 Å². The molecule has 0 unspecified atom stereocenters. The zero-order valence-electron chi connectivity index (χ0n) is 18.5. The fraction of sp³-hybridized carbons (Fsp3) is 0.346. The maximum atomic E-state index is 9.54. The minimum atomic E-state index is 0.229. The molecule has 0 saturated heterocycles. The van der Waals surface area contributed by atoms with Gasteiger partial charge in [0.05, 0.1) is 16.9 Å². The lowest BCUT2D eigenvalue weighted by atomic mass is 9.89. The van der Waals surface area contributed by atoms with Gasteiger partial charge in [-0.25, -0.2) is 4.98 Å². The molecule has 32 heavy (non-hydrogen) atoms. The second-order valence-electron chi connectivity index (χ2n) is 9.45. The number of nitrogens with zero attached hydrogens (tertiary/aromatic N) is 5. The first-order chi connectivity index (χ1) is 15.4. The van der Waals surface area contributed by atoms with E-state index in [0.717, 1.165) is 46.7 Å². The molecule has 1 saturated carbocycles. The summed E-state index contributed by atoms with van der Waals surface area (Å²) >= 11 is 6.41. The first-order valence-corrected chi connectivity index (χ1v) is 11.4. The number of halogens is 1. The Morgan fingerprint density at radius 2 is 1.97 bits per heavy atom. The topological polar surface area (TPSA) is 57.7 Å². The zero-order chi connectivity index (χ0) is 22.5. The van der Waals surface area contributed by atoms with Gasteiger partial charge in [-0.05, 0) is 36.0 Å². The van der Waals surface area contributed by atoms with Crippen molar-refractivity contribution in [2.75, 3.05) is 7.05 Å². The van der Waals surface area contributed by atoms with Crippen molar-refractivity contribution in [3.8, 4) is 28.5 Å². The normalized spacial score (nSPS) is 16.9. The number of pyridine rings is 1. The van der Waals surface area contributed by atoms with Crippen molar-refractivity contribution in [3.05, 3.63) is 65.1 Å². The summed E-state index contributed by atoms with van der Waals surface area (Å²) in [6.45, 7) is 8.32. The third kappa shape index (κ3) is 3.59. The van der Waals surface area contributed by atoms with Crippen LogP contribution in [0.15, 0.2) is 43.2 Å². The summed E-state index contributed by atoms with van der Waals surface area (Å²) < 4.78 is 2.04. The van der Waals surface area contributed by atoms with Gasteiger partial charge in [-0.15, -0.1) is 0 Å². The second-order valence-corrected chi connectivity index (χ2v) is 9.85. The quantitative estimate of drug-likeness (QED) is 0.486. The molecule has 162 valence electrons. The van der Waals surface area contributed by atoms with Gasteiger partial charge in [0.2, 0.25) is 0 Å². The van der Waals surface area contributed by atoms with Crippen molar-refractivity contribution in [1.29, 1.82) is 5.26 Å². The van der Waals surface area contributed by atoms with Gasteiger partial charge in [0.1, 0.15) is 6.07 Å². The summed E-state index contributed by atoms with van der Waals surface area (Å²) in [5.74, 6) is 0. The summed E-state index contributed by atoms with van der Waals surface area (Å²) in [5.41, 5.74) is 7.42. The van der Waals surface area contributed by atoms with Crippen LogP contribution in [0.25, 0.3) is 28.1 Å². The van der Waals surface area contributed by atoms with Crippen LogP contribution in [0.3, 0.4) is 0 Å². The molecule has 1 aliphatic heterocycles. The van der Waals surface area contributed by atoms with E-state index in [1.165, 1.54) is 31.2 Å². The number of nitriles is 1. The van der Waals surface area contributed by atoms with Gasteiger partial charge in [-0.1, -0.05) is 50.1 Å². The fourth-order valence-corrected chi connectivity index (χ4v) is 5.25. The van der Waals surface area contributed by atoms with Crippen molar-refractivity contribution in [2.24, 2.45) is 5.41 Å². The monoisotopic (exact) mass is 443 g/mol. The standard InChI is InChI=1S/C26H26ClN5/c1-17-21-10-18(6-7-19(21)14-31(17)3)25-22(11-23(27)24(12-28)30-25)20-13-29-32(15-20)16-26(2)8-4-5-9-26/h6-7,10-11,13,15H,1,4-5,8-9,14,16H2,2-3H3. The Kier molecular flexibility index (Phi) is 5.06.